The summed E-state index contributed by atoms with van der Waals surface area (Å²) in [6, 6.07) is 0. The average Bonchev–Trinajstić information content (AvgIpc) is 2.08. The van der Waals surface area contributed by atoms with Crippen LogP contribution in [-0.2, 0) is 13.7 Å². The highest BCUT2D eigenvalue weighted by molar-refractivity contribution is 6.50. The van der Waals surface area contributed by atoms with Crippen LogP contribution in [0, 0.1) is 0 Å². The lowest BCUT2D eigenvalue weighted by Crippen LogP contribution is -2.23. The quantitative estimate of drug-likeness (QED) is 0.366. The summed E-state index contributed by atoms with van der Waals surface area (Å²) in [5.41, 5.74) is 0. The largest absolute Gasteiger partial charge is 0.457 e. The van der Waals surface area contributed by atoms with E-state index in [4.69, 9.17) is 5.11 Å². The summed E-state index contributed by atoms with van der Waals surface area (Å²) in [5.74, 6) is 0. The van der Waals surface area contributed by atoms with Crippen LogP contribution in [0.3, 0.4) is 0 Å². The van der Waals surface area contributed by atoms with Gasteiger partial charge in [0.05, 0.1) is 6.61 Å². The van der Waals surface area contributed by atoms with Crippen LogP contribution in [0.2, 0.25) is 0 Å². The van der Waals surface area contributed by atoms with Gasteiger partial charge in [-0.05, 0) is 0 Å². The van der Waals surface area contributed by atoms with Gasteiger partial charge in [0.2, 0.25) is 0 Å². The van der Waals surface area contributed by atoms with Gasteiger partial charge in [0.1, 0.15) is 0 Å². The van der Waals surface area contributed by atoms with E-state index in [0.717, 1.165) is 23.1 Å². The molecule has 7 heteroatoms. The van der Waals surface area contributed by atoms with E-state index in [0.29, 0.717) is 0 Å². The lowest BCUT2D eigenvalue weighted by molar-refractivity contribution is 0.343. The van der Waals surface area contributed by atoms with Gasteiger partial charge in [0, 0.05) is 0 Å². The first kappa shape index (κ1) is 9.77. The second kappa shape index (κ2) is 8.77. The number of rotatable bonds is 1. The molecule has 1 aliphatic rings. The molecule has 0 aromatic carbocycles. The van der Waals surface area contributed by atoms with Gasteiger partial charge in [-0.15, -0.1) is 6.58 Å². The Morgan fingerprint density at radius 1 is 1.20 bits per heavy atom. The molecule has 1 rings (SSSR count). The Kier molecular flexibility index (Phi) is 8.58. The Hall–Kier alpha value is -0.225. The monoisotopic (exact) mass is 139 g/mol. The molecule has 51 valence electrons. The van der Waals surface area contributed by atoms with Crippen molar-refractivity contribution in [2.24, 2.45) is 0 Å². The van der Waals surface area contributed by atoms with Crippen molar-refractivity contribution in [3.05, 3.63) is 12.7 Å². The maximum Gasteiger partial charge on any atom is 0.457 e. The average molecular weight is 139 g/mol. The van der Waals surface area contributed by atoms with Gasteiger partial charge in [-0.1, -0.05) is 6.08 Å². The van der Waals surface area contributed by atoms with Crippen LogP contribution in [0.25, 0.3) is 0 Å². The SMILES string of the molecule is C=CCO.[B]1O[B]O[B]O1. The minimum atomic E-state index is 0.0833. The zero-order chi connectivity index (χ0) is 7.66. The summed E-state index contributed by atoms with van der Waals surface area (Å²) in [4.78, 5) is 0. The molecule has 0 atom stereocenters. The topological polar surface area (TPSA) is 47.9 Å². The Labute approximate surface area is 62.1 Å². The van der Waals surface area contributed by atoms with Gasteiger partial charge in [-0.2, -0.15) is 0 Å². The second-order valence-corrected chi connectivity index (χ2v) is 1.17. The molecule has 0 amide bonds. The fourth-order valence-electron chi connectivity index (χ4n) is 0.164. The third-order valence-corrected chi connectivity index (χ3v) is 0.462. The lowest BCUT2D eigenvalue weighted by Gasteiger charge is -2.05. The number of hydrogen-bond donors (Lipinski definition) is 1. The van der Waals surface area contributed by atoms with Crippen LogP contribution >= 0.6 is 0 Å². The molecule has 1 fully saturated rings. The Morgan fingerprint density at radius 2 is 1.50 bits per heavy atom. The molecule has 0 spiro atoms. The van der Waals surface area contributed by atoms with Crippen molar-refractivity contribution in [1.82, 2.24) is 0 Å². The molecule has 4 nitrogen and oxygen atoms in total. The van der Waals surface area contributed by atoms with Gasteiger partial charge in [-0.25, -0.2) is 0 Å². The zero-order valence-electron chi connectivity index (χ0n) is 5.40. The summed E-state index contributed by atoms with van der Waals surface area (Å²) in [6.45, 7) is 3.31. The van der Waals surface area contributed by atoms with E-state index in [1.54, 1.807) is 0 Å². The van der Waals surface area contributed by atoms with Crippen molar-refractivity contribution >= 4 is 23.1 Å². The molecule has 10 heavy (non-hydrogen) atoms. The molecule has 1 saturated heterocycles. The maximum atomic E-state index is 7.76. The van der Waals surface area contributed by atoms with Crippen LogP contribution in [0.1, 0.15) is 0 Å². The van der Waals surface area contributed by atoms with Gasteiger partial charge < -0.3 is 18.8 Å². The molecule has 1 N–H and O–H groups in total. The van der Waals surface area contributed by atoms with Crippen LogP contribution in [-0.4, -0.2) is 34.8 Å². The smallest absolute Gasteiger partial charge is 0.457 e. The van der Waals surface area contributed by atoms with E-state index in [-0.39, 0.29) is 6.61 Å². The van der Waals surface area contributed by atoms with E-state index in [2.05, 4.69) is 20.3 Å². The van der Waals surface area contributed by atoms with E-state index < -0.39 is 0 Å². The third kappa shape index (κ3) is 7.77. The summed E-state index contributed by atoms with van der Waals surface area (Å²) in [5, 5.41) is 7.76. The first-order valence-corrected chi connectivity index (χ1v) is 2.55. The Morgan fingerprint density at radius 3 is 1.60 bits per heavy atom. The summed E-state index contributed by atoms with van der Waals surface area (Å²) < 4.78 is 13.0. The van der Waals surface area contributed by atoms with Gasteiger partial charge in [0.15, 0.2) is 0 Å². The van der Waals surface area contributed by atoms with E-state index in [1.165, 1.54) is 6.08 Å². The molecule has 0 unspecified atom stereocenters. The maximum absolute atomic E-state index is 7.76. The van der Waals surface area contributed by atoms with Gasteiger partial charge >= 0.3 is 23.1 Å². The molecule has 0 bridgehead atoms. The predicted octanol–water partition coefficient (Wildman–Crippen LogP) is -1.18. The highest BCUT2D eigenvalue weighted by Crippen LogP contribution is 1.78. The summed E-state index contributed by atoms with van der Waals surface area (Å²) in [7, 11) is 3.47. The predicted molar refractivity (Wildman–Crippen MR) is 37.8 cm³/mol. The minimum Gasteiger partial charge on any atom is -0.457 e. The van der Waals surface area contributed by atoms with Crippen molar-refractivity contribution in [3.63, 3.8) is 0 Å². The van der Waals surface area contributed by atoms with E-state index in [1.807, 2.05) is 0 Å². The third-order valence-electron chi connectivity index (χ3n) is 0.462. The van der Waals surface area contributed by atoms with Crippen LogP contribution in [0.15, 0.2) is 12.7 Å². The molecule has 3 radical (unpaired) electrons. The highest BCUT2D eigenvalue weighted by atomic mass is 16.7. The lowest BCUT2D eigenvalue weighted by atomic mass is 10.1. The molecule has 0 aromatic heterocycles. The standard InChI is InChI=1S/C3H6O.B3O3/c1-2-3-4;1-4-2-6-3-5-1/h2,4H,1,3H2;. The van der Waals surface area contributed by atoms with Crippen LogP contribution in [0.5, 0.6) is 0 Å². The molecular weight excluding hydrogens is 132 g/mol. The normalized spacial score (nSPS) is 14.5. The fraction of sp³-hybridized carbons (Fsp3) is 0.333. The Balaban J connectivity index is 0.000000180. The fourth-order valence-corrected chi connectivity index (χ4v) is 0.164. The zero-order valence-corrected chi connectivity index (χ0v) is 5.40. The van der Waals surface area contributed by atoms with Crippen molar-refractivity contribution < 1.29 is 18.8 Å². The van der Waals surface area contributed by atoms with Crippen molar-refractivity contribution in [2.75, 3.05) is 6.61 Å². The summed E-state index contributed by atoms with van der Waals surface area (Å²) >= 11 is 0. The molecule has 0 aliphatic carbocycles. The van der Waals surface area contributed by atoms with Crippen LogP contribution < -0.4 is 0 Å². The number of aliphatic hydroxyl groups is 1. The molecular formula is C3H6B3O4. The van der Waals surface area contributed by atoms with Gasteiger partial charge in [0.25, 0.3) is 0 Å². The van der Waals surface area contributed by atoms with Crippen LogP contribution in [0.4, 0.5) is 0 Å². The second-order valence-electron chi connectivity index (χ2n) is 1.17. The summed E-state index contributed by atoms with van der Waals surface area (Å²) in [6.07, 6.45) is 1.43. The molecule has 1 heterocycles. The highest BCUT2D eigenvalue weighted by Gasteiger charge is 2.05. The number of hydrogen-bond acceptors (Lipinski definition) is 4. The van der Waals surface area contributed by atoms with E-state index >= 15 is 0 Å². The number of aliphatic hydroxyl groups excluding tert-OH is 1. The van der Waals surface area contributed by atoms with Crippen molar-refractivity contribution in [1.29, 1.82) is 0 Å². The molecule has 1 aliphatic heterocycles. The molecule has 0 saturated carbocycles. The van der Waals surface area contributed by atoms with E-state index in [9.17, 15) is 0 Å². The Bertz CT molecular complexity index is 64.6. The minimum absolute atomic E-state index is 0.0833. The van der Waals surface area contributed by atoms with Gasteiger partial charge in [-0.3, -0.25) is 0 Å². The molecule has 0 aromatic rings. The van der Waals surface area contributed by atoms with Crippen molar-refractivity contribution in [3.8, 4) is 0 Å². The van der Waals surface area contributed by atoms with Crippen molar-refractivity contribution in [2.45, 2.75) is 0 Å². The first-order valence-electron chi connectivity index (χ1n) is 2.55. The first-order chi connectivity index (χ1) is 4.91.